The van der Waals surface area contributed by atoms with Crippen LogP contribution in [0, 0.1) is 11.8 Å². The molecule has 25 heavy (non-hydrogen) atoms. The van der Waals surface area contributed by atoms with Crippen LogP contribution in [0.5, 0.6) is 0 Å². The number of hydrogen-bond donors (Lipinski definition) is 4. The fourth-order valence-corrected chi connectivity index (χ4v) is 3.27. The molecule has 136 valence electrons. The van der Waals surface area contributed by atoms with Crippen LogP contribution in [0.2, 0.25) is 0 Å². The Bertz CT molecular complexity index is 655. The van der Waals surface area contributed by atoms with Crippen LogP contribution >= 0.6 is 0 Å². The fourth-order valence-electron chi connectivity index (χ4n) is 3.27. The summed E-state index contributed by atoms with van der Waals surface area (Å²) in [5, 5.41) is 9.06. The van der Waals surface area contributed by atoms with Gasteiger partial charge in [-0.05, 0) is 5.56 Å². The maximum atomic E-state index is 13.1. The van der Waals surface area contributed by atoms with Gasteiger partial charge in [0.1, 0.15) is 6.04 Å². The van der Waals surface area contributed by atoms with Crippen LogP contribution in [-0.2, 0) is 9.59 Å². The van der Waals surface area contributed by atoms with E-state index < -0.39 is 55.1 Å². The van der Waals surface area contributed by atoms with Gasteiger partial charge in [-0.3, -0.25) is 9.59 Å². The van der Waals surface area contributed by atoms with Gasteiger partial charge in [0, 0.05) is 13.1 Å². The molecule has 2 fully saturated rings. The minimum Gasteiger partial charge on any atom is -0.481 e. The van der Waals surface area contributed by atoms with Gasteiger partial charge in [-0.15, -0.1) is 0 Å². The quantitative estimate of drug-likeness (QED) is 0.626. The molecule has 2 aliphatic rings. The van der Waals surface area contributed by atoms with Gasteiger partial charge in [-0.1, -0.05) is 30.3 Å². The lowest BCUT2D eigenvalue weighted by molar-refractivity contribution is -0.188. The number of hydrogen-bond acceptors (Lipinski definition) is 5. The Morgan fingerprint density at radius 2 is 1.80 bits per heavy atom. The normalized spacial score (nSPS) is 29.8. The number of carboxylic acid groups (broad SMARTS) is 1. The number of aliphatic carboxylic acids is 1. The van der Waals surface area contributed by atoms with E-state index in [1.54, 1.807) is 24.3 Å². The van der Waals surface area contributed by atoms with Crippen molar-refractivity contribution in [1.82, 2.24) is 21.3 Å². The minimum atomic E-state index is -4.67. The first-order valence-corrected chi connectivity index (χ1v) is 7.68. The zero-order valence-corrected chi connectivity index (χ0v) is 13.0. The van der Waals surface area contributed by atoms with Gasteiger partial charge in [0.05, 0.1) is 17.9 Å². The van der Waals surface area contributed by atoms with Crippen LogP contribution in [0.4, 0.5) is 13.2 Å². The number of nitrogens with zero attached hydrogens (tertiary/aromatic N) is 1. The maximum absolute atomic E-state index is 13.1. The van der Waals surface area contributed by atoms with Crippen molar-refractivity contribution in [3.63, 3.8) is 0 Å². The highest BCUT2D eigenvalue weighted by Gasteiger charge is 2.54. The van der Waals surface area contributed by atoms with Crippen molar-refractivity contribution in [2.75, 3.05) is 13.1 Å². The van der Waals surface area contributed by atoms with E-state index in [0.717, 1.165) is 10.5 Å². The topological polar surface area (TPSA) is 93.7 Å². The third kappa shape index (κ3) is 3.46. The summed E-state index contributed by atoms with van der Waals surface area (Å²) >= 11 is 0. The van der Waals surface area contributed by atoms with Crippen molar-refractivity contribution < 1.29 is 27.9 Å². The van der Waals surface area contributed by atoms with Gasteiger partial charge in [-0.2, -0.15) is 18.7 Å². The number of alkyl halides is 3. The van der Waals surface area contributed by atoms with E-state index in [1.807, 2.05) is 6.07 Å². The van der Waals surface area contributed by atoms with Crippen LogP contribution in [0.25, 0.3) is 0 Å². The lowest BCUT2D eigenvalue weighted by atomic mass is 9.96. The second-order valence-corrected chi connectivity index (χ2v) is 6.12. The average Bonchev–Trinajstić information content (AvgIpc) is 3.22. The lowest BCUT2D eigenvalue weighted by Crippen LogP contribution is -2.47. The van der Waals surface area contributed by atoms with E-state index in [1.165, 1.54) is 0 Å². The van der Waals surface area contributed by atoms with E-state index in [4.69, 9.17) is 5.11 Å². The molecular formula is C15H17F3N4O3. The second kappa shape index (κ2) is 6.62. The van der Waals surface area contributed by atoms with Crippen LogP contribution in [0.15, 0.2) is 30.3 Å². The molecule has 1 amide bonds. The summed E-state index contributed by atoms with van der Waals surface area (Å²) in [4.78, 5) is 24.8. The van der Waals surface area contributed by atoms with Gasteiger partial charge < -0.3 is 10.0 Å². The monoisotopic (exact) mass is 358 g/mol. The SMILES string of the molecule is O=C(O)[C@@H]1CN(C(=O)C2NNNC2c2ccccc2)C[C@H]1C(F)(F)F. The van der Waals surface area contributed by atoms with Crippen molar-refractivity contribution in [2.45, 2.75) is 18.3 Å². The van der Waals surface area contributed by atoms with Crippen molar-refractivity contribution in [1.29, 1.82) is 0 Å². The average molecular weight is 358 g/mol. The summed E-state index contributed by atoms with van der Waals surface area (Å²) in [5.74, 6) is -5.84. The molecule has 1 aromatic rings. The molecule has 4 N–H and O–H groups in total. The Morgan fingerprint density at radius 1 is 1.12 bits per heavy atom. The Labute approximate surface area is 141 Å². The van der Waals surface area contributed by atoms with Crippen LogP contribution < -0.4 is 16.4 Å². The molecule has 0 aliphatic carbocycles. The van der Waals surface area contributed by atoms with E-state index >= 15 is 0 Å². The summed E-state index contributed by atoms with van der Waals surface area (Å²) in [5.41, 5.74) is 8.95. The molecule has 4 atom stereocenters. The standard InChI is InChI=1S/C15H17F3N4O3/c16-15(17,18)10-7-22(6-9(10)14(24)25)13(23)12-11(19-21-20-12)8-4-2-1-3-5-8/h1-5,9-12,19-21H,6-7H2,(H,24,25)/t9-,10-,11?,12?/m1/s1. The van der Waals surface area contributed by atoms with Crippen LogP contribution in [0.3, 0.4) is 0 Å². The molecule has 0 aromatic heterocycles. The largest absolute Gasteiger partial charge is 0.481 e. The molecule has 2 saturated heterocycles. The molecule has 0 spiro atoms. The first kappa shape index (κ1) is 17.6. The maximum Gasteiger partial charge on any atom is 0.394 e. The molecule has 7 nitrogen and oxygen atoms in total. The predicted octanol–water partition coefficient (Wildman–Crippen LogP) is 0.430. The third-order valence-corrected chi connectivity index (χ3v) is 4.58. The first-order valence-electron chi connectivity index (χ1n) is 7.68. The van der Waals surface area contributed by atoms with Crippen LogP contribution in [0.1, 0.15) is 11.6 Å². The Hall–Kier alpha value is -2.17. The highest BCUT2D eigenvalue weighted by Crippen LogP contribution is 2.38. The van der Waals surface area contributed by atoms with Gasteiger partial charge in [0.25, 0.3) is 0 Å². The molecule has 0 saturated carbocycles. The number of amides is 1. The van der Waals surface area contributed by atoms with Crippen molar-refractivity contribution in [3.8, 4) is 0 Å². The Kier molecular flexibility index (Phi) is 4.67. The molecule has 1 aromatic carbocycles. The molecule has 0 bridgehead atoms. The van der Waals surface area contributed by atoms with Gasteiger partial charge in [0.15, 0.2) is 0 Å². The highest BCUT2D eigenvalue weighted by molar-refractivity contribution is 5.84. The predicted molar refractivity (Wildman–Crippen MR) is 79.6 cm³/mol. The van der Waals surface area contributed by atoms with E-state index in [-0.39, 0.29) is 0 Å². The summed E-state index contributed by atoms with van der Waals surface area (Å²) in [7, 11) is 0. The zero-order chi connectivity index (χ0) is 18.2. The van der Waals surface area contributed by atoms with Crippen molar-refractivity contribution in [3.05, 3.63) is 35.9 Å². The molecular weight excluding hydrogens is 341 g/mol. The number of hydrazine groups is 2. The van der Waals surface area contributed by atoms with E-state index in [0.29, 0.717) is 0 Å². The molecule has 2 unspecified atom stereocenters. The second-order valence-electron chi connectivity index (χ2n) is 6.12. The summed E-state index contributed by atoms with van der Waals surface area (Å²) in [6.45, 7) is -1.11. The number of rotatable bonds is 3. The number of carboxylic acids is 1. The van der Waals surface area contributed by atoms with Gasteiger partial charge >= 0.3 is 12.1 Å². The van der Waals surface area contributed by atoms with E-state index in [2.05, 4.69) is 16.4 Å². The van der Waals surface area contributed by atoms with Crippen LogP contribution in [-0.4, -0.2) is 47.2 Å². The number of halogens is 3. The summed E-state index contributed by atoms with van der Waals surface area (Å²) in [6.07, 6.45) is -4.67. The van der Waals surface area contributed by atoms with Crippen molar-refractivity contribution in [2.24, 2.45) is 11.8 Å². The van der Waals surface area contributed by atoms with Gasteiger partial charge in [-0.25, -0.2) is 10.9 Å². The smallest absolute Gasteiger partial charge is 0.394 e. The zero-order valence-electron chi connectivity index (χ0n) is 13.0. The Morgan fingerprint density at radius 3 is 2.36 bits per heavy atom. The molecule has 2 aliphatic heterocycles. The lowest BCUT2D eigenvalue weighted by Gasteiger charge is -2.24. The molecule has 0 radical (unpaired) electrons. The number of nitrogens with one attached hydrogen (secondary N) is 3. The number of benzene rings is 1. The highest BCUT2D eigenvalue weighted by atomic mass is 19.4. The molecule has 10 heteroatoms. The Balaban J connectivity index is 1.78. The van der Waals surface area contributed by atoms with Crippen molar-refractivity contribution >= 4 is 11.9 Å². The fraction of sp³-hybridized carbons (Fsp3) is 0.467. The summed E-state index contributed by atoms with van der Waals surface area (Å²) < 4.78 is 39.3. The number of carbonyl (C=O) groups excluding carboxylic acids is 1. The number of likely N-dealkylation sites (tertiary alicyclic amines) is 1. The van der Waals surface area contributed by atoms with Gasteiger partial charge in [0.2, 0.25) is 5.91 Å². The number of carbonyl (C=O) groups is 2. The van der Waals surface area contributed by atoms with E-state index in [9.17, 15) is 22.8 Å². The summed E-state index contributed by atoms with van der Waals surface area (Å²) in [6, 6.07) is 7.62. The minimum absolute atomic E-state index is 0.460. The third-order valence-electron chi connectivity index (χ3n) is 4.58. The first-order chi connectivity index (χ1) is 11.8. The molecule has 3 rings (SSSR count). The molecule has 2 heterocycles.